The zero-order valence-corrected chi connectivity index (χ0v) is 13.0. The highest BCUT2D eigenvalue weighted by atomic mass is 79.9. The van der Waals surface area contributed by atoms with Crippen LogP contribution in [0.4, 0.5) is 0 Å². The fourth-order valence-electron chi connectivity index (χ4n) is 1.87. The number of aliphatic hydroxyl groups is 1. The summed E-state index contributed by atoms with van der Waals surface area (Å²) in [5.74, 6) is 0.306. The van der Waals surface area contributed by atoms with Gasteiger partial charge in [0.25, 0.3) is 0 Å². The third kappa shape index (κ3) is 5.51. The predicted molar refractivity (Wildman–Crippen MR) is 78.7 cm³/mol. The lowest BCUT2D eigenvalue weighted by molar-refractivity contribution is 0.00826. The van der Waals surface area contributed by atoms with Gasteiger partial charge in [0.05, 0.1) is 5.60 Å². The molecule has 0 fully saturated rings. The fourth-order valence-corrected chi connectivity index (χ4v) is 2.13. The molecule has 18 heavy (non-hydrogen) atoms. The molecule has 1 aromatic rings. The van der Waals surface area contributed by atoms with E-state index >= 15 is 0 Å². The first-order chi connectivity index (χ1) is 8.46. The lowest BCUT2D eigenvalue weighted by Crippen LogP contribution is -2.24. The summed E-state index contributed by atoms with van der Waals surface area (Å²) in [6.45, 7) is 4.40. The Labute approximate surface area is 118 Å². The first-order valence-corrected chi connectivity index (χ1v) is 7.16. The molecule has 3 heteroatoms. The van der Waals surface area contributed by atoms with Crippen LogP contribution in [0.2, 0.25) is 0 Å². The summed E-state index contributed by atoms with van der Waals surface area (Å²) in [5, 5.41) is 9.46. The van der Waals surface area contributed by atoms with E-state index in [-0.39, 0.29) is 12.2 Å². The minimum Gasteiger partial charge on any atom is -0.396 e. The van der Waals surface area contributed by atoms with Crippen molar-refractivity contribution in [1.82, 2.24) is 0 Å². The van der Waals surface area contributed by atoms with Gasteiger partial charge >= 0.3 is 0 Å². The monoisotopic (exact) mass is 314 g/mol. The van der Waals surface area contributed by atoms with Crippen molar-refractivity contribution < 1.29 is 9.84 Å². The maximum Gasteiger partial charge on any atom is 0.0622 e. The second-order valence-electron chi connectivity index (χ2n) is 5.38. The molecule has 0 aliphatic heterocycles. The van der Waals surface area contributed by atoms with Crippen molar-refractivity contribution in [1.29, 1.82) is 0 Å². The van der Waals surface area contributed by atoms with Crippen LogP contribution in [-0.2, 0) is 11.2 Å². The number of ether oxygens (including phenoxy) is 1. The van der Waals surface area contributed by atoms with E-state index in [0.29, 0.717) is 5.92 Å². The van der Waals surface area contributed by atoms with Crippen LogP contribution in [0.25, 0.3) is 0 Å². The Morgan fingerprint density at radius 2 is 1.89 bits per heavy atom. The molecule has 0 aromatic heterocycles. The standard InChI is InChI=1S/C15H23BrO2/c1-15(2,18-3)9-8-13(11-17)10-12-4-6-14(16)7-5-12/h4-7,13,17H,8-11H2,1-3H3. The van der Waals surface area contributed by atoms with Crippen LogP contribution in [0.1, 0.15) is 32.3 Å². The van der Waals surface area contributed by atoms with Gasteiger partial charge in [0.2, 0.25) is 0 Å². The van der Waals surface area contributed by atoms with Gasteiger partial charge in [-0.05, 0) is 56.7 Å². The zero-order valence-electron chi connectivity index (χ0n) is 11.4. The normalized spacial score (nSPS) is 13.6. The molecule has 1 atom stereocenters. The van der Waals surface area contributed by atoms with Gasteiger partial charge in [-0.1, -0.05) is 28.1 Å². The second kappa shape index (κ2) is 7.27. The second-order valence-corrected chi connectivity index (χ2v) is 6.30. The highest BCUT2D eigenvalue weighted by Crippen LogP contribution is 2.22. The summed E-state index contributed by atoms with van der Waals surface area (Å²) in [4.78, 5) is 0. The summed E-state index contributed by atoms with van der Waals surface area (Å²) in [7, 11) is 1.74. The Bertz CT molecular complexity index is 346. The van der Waals surface area contributed by atoms with Gasteiger partial charge in [-0.3, -0.25) is 0 Å². The van der Waals surface area contributed by atoms with Crippen molar-refractivity contribution >= 4 is 15.9 Å². The first-order valence-electron chi connectivity index (χ1n) is 6.37. The van der Waals surface area contributed by atoms with Crippen LogP contribution >= 0.6 is 15.9 Å². The van der Waals surface area contributed by atoms with E-state index in [0.717, 1.165) is 23.7 Å². The van der Waals surface area contributed by atoms with Crippen molar-refractivity contribution in [2.75, 3.05) is 13.7 Å². The molecule has 1 N–H and O–H groups in total. The Balaban J connectivity index is 2.49. The topological polar surface area (TPSA) is 29.5 Å². The summed E-state index contributed by atoms with van der Waals surface area (Å²) >= 11 is 3.43. The van der Waals surface area contributed by atoms with E-state index in [1.807, 2.05) is 12.1 Å². The lowest BCUT2D eigenvalue weighted by atomic mass is 9.91. The van der Waals surface area contributed by atoms with E-state index in [1.165, 1.54) is 5.56 Å². The van der Waals surface area contributed by atoms with Crippen molar-refractivity contribution in [2.24, 2.45) is 5.92 Å². The summed E-state index contributed by atoms with van der Waals surface area (Å²) in [6, 6.07) is 8.30. The number of methoxy groups -OCH3 is 1. The summed E-state index contributed by atoms with van der Waals surface area (Å²) in [6.07, 6.45) is 2.86. The maximum atomic E-state index is 9.46. The van der Waals surface area contributed by atoms with Gasteiger partial charge in [-0.2, -0.15) is 0 Å². The van der Waals surface area contributed by atoms with E-state index in [9.17, 15) is 5.11 Å². The smallest absolute Gasteiger partial charge is 0.0622 e. The largest absolute Gasteiger partial charge is 0.396 e. The number of hydrogen-bond donors (Lipinski definition) is 1. The molecule has 2 nitrogen and oxygen atoms in total. The highest BCUT2D eigenvalue weighted by molar-refractivity contribution is 9.10. The van der Waals surface area contributed by atoms with Crippen LogP contribution in [0.15, 0.2) is 28.7 Å². The SMILES string of the molecule is COC(C)(C)CCC(CO)Cc1ccc(Br)cc1. The van der Waals surface area contributed by atoms with Crippen LogP contribution in [-0.4, -0.2) is 24.4 Å². The van der Waals surface area contributed by atoms with E-state index < -0.39 is 0 Å². The van der Waals surface area contributed by atoms with E-state index in [1.54, 1.807) is 7.11 Å². The molecule has 0 aliphatic rings. The van der Waals surface area contributed by atoms with E-state index in [4.69, 9.17) is 4.74 Å². The molecule has 0 heterocycles. The van der Waals surface area contributed by atoms with Gasteiger partial charge in [0.1, 0.15) is 0 Å². The third-order valence-corrected chi connectivity index (χ3v) is 3.93. The molecule has 0 amide bonds. The van der Waals surface area contributed by atoms with Gasteiger partial charge < -0.3 is 9.84 Å². The Kier molecular flexibility index (Phi) is 6.33. The zero-order chi connectivity index (χ0) is 13.6. The molecule has 1 aromatic carbocycles. The third-order valence-electron chi connectivity index (χ3n) is 3.40. The van der Waals surface area contributed by atoms with Crippen LogP contribution in [0.5, 0.6) is 0 Å². The summed E-state index contributed by atoms with van der Waals surface area (Å²) in [5.41, 5.74) is 1.17. The summed E-state index contributed by atoms with van der Waals surface area (Å²) < 4.78 is 6.50. The maximum absolute atomic E-state index is 9.46. The molecule has 0 spiro atoms. The van der Waals surface area contributed by atoms with Gasteiger partial charge in [0, 0.05) is 18.2 Å². The average Bonchev–Trinajstić information content (AvgIpc) is 2.37. The molecule has 0 bridgehead atoms. The number of aliphatic hydroxyl groups excluding tert-OH is 1. The fraction of sp³-hybridized carbons (Fsp3) is 0.600. The Morgan fingerprint density at radius 1 is 1.28 bits per heavy atom. The molecule has 0 saturated heterocycles. The van der Waals surface area contributed by atoms with Crippen LogP contribution < -0.4 is 0 Å². The average molecular weight is 315 g/mol. The minimum absolute atomic E-state index is 0.104. The minimum atomic E-state index is -0.104. The number of hydrogen-bond acceptors (Lipinski definition) is 2. The lowest BCUT2D eigenvalue weighted by Gasteiger charge is -2.25. The highest BCUT2D eigenvalue weighted by Gasteiger charge is 2.19. The molecular weight excluding hydrogens is 292 g/mol. The molecule has 0 saturated carbocycles. The Hall–Kier alpha value is -0.380. The van der Waals surface area contributed by atoms with E-state index in [2.05, 4.69) is 41.9 Å². The number of rotatable bonds is 7. The van der Waals surface area contributed by atoms with Crippen molar-refractivity contribution in [2.45, 2.75) is 38.7 Å². The molecule has 1 rings (SSSR count). The predicted octanol–water partition coefficient (Wildman–Crippen LogP) is 3.81. The molecular formula is C15H23BrO2. The molecule has 0 radical (unpaired) electrons. The first kappa shape index (κ1) is 15.7. The van der Waals surface area contributed by atoms with Gasteiger partial charge in [-0.25, -0.2) is 0 Å². The van der Waals surface area contributed by atoms with Gasteiger partial charge in [0.15, 0.2) is 0 Å². The molecule has 0 aliphatic carbocycles. The van der Waals surface area contributed by atoms with Crippen LogP contribution in [0.3, 0.4) is 0 Å². The quantitative estimate of drug-likeness (QED) is 0.829. The van der Waals surface area contributed by atoms with Crippen molar-refractivity contribution in [3.05, 3.63) is 34.3 Å². The molecule has 102 valence electrons. The van der Waals surface area contributed by atoms with Crippen LogP contribution in [0, 0.1) is 5.92 Å². The van der Waals surface area contributed by atoms with Crippen molar-refractivity contribution in [3.8, 4) is 0 Å². The van der Waals surface area contributed by atoms with Gasteiger partial charge in [-0.15, -0.1) is 0 Å². The Morgan fingerprint density at radius 3 is 2.39 bits per heavy atom. The number of benzene rings is 1. The number of halogens is 1. The van der Waals surface area contributed by atoms with Crippen molar-refractivity contribution in [3.63, 3.8) is 0 Å². The molecule has 1 unspecified atom stereocenters.